The summed E-state index contributed by atoms with van der Waals surface area (Å²) >= 11 is 0. The van der Waals surface area contributed by atoms with Gasteiger partial charge in [-0.05, 0) is 40.2 Å². The quantitative estimate of drug-likeness (QED) is 0.794. The zero-order chi connectivity index (χ0) is 14.8. The summed E-state index contributed by atoms with van der Waals surface area (Å²) in [5, 5.41) is 3.51. The Morgan fingerprint density at radius 1 is 1.40 bits per heavy atom. The first-order chi connectivity index (χ1) is 9.36. The standard InChI is InChI=1S/C14H26N2O4/c1-13(2,3)20-12(17)16-8-14(9-16)11(19-10-18-4)6-5-7-15-14/h11,15H,5-10H2,1-4H3/t11-/m1/s1. The second-order valence-electron chi connectivity index (χ2n) is 6.62. The van der Waals surface area contributed by atoms with Gasteiger partial charge in [0, 0.05) is 20.2 Å². The van der Waals surface area contributed by atoms with Crippen LogP contribution in [0.5, 0.6) is 0 Å². The van der Waals surface area contributed by atoms with Gasteiger partial charge in [-0.15, -0.1) is 0 Å². The second kappa shape index (κ2) is 5.87. The van der Waals surface area contributed by atoms with Gasteiger partial charge in [-0.25, -0.2) is 4.79 Å². The minimum atomic E-state index is -0.453. The van der Waals surface area contributed by atoms with Gasteiger partial charge < -0.3 is 24.4 Å². The Morgan fingerprint density at radius 3 is 2.70 bits per heavy atom. The van der Waals surface area contributed by atoms with Crippen molar-refractivity contribution in [1.82, 2.24) is 10.2 Å². The van der Waals surface area contributed by atoms with E-state index in [1.54, 1.807) is 12.0 Å². The van der Waals surface area contributed by atoms with Crippen molar-refractivity contribution in [1.29, 1.82) is 0 Å². The number of hydrogen-bond acceptors (Lipinski definition) is 5. The molecule has 6 heteroatoms. The summed E-state index contributed by atoms with van der Waals surface area (Å²) < 4.78 is 16.1. The maximum Gasteiger partial charge on any atom is 0.410 e. The van der Waals surface area contributed by atoms with Crippen LogP contribution in [0.3, 0.4) is 0 Å². The van der Waals surface area contributed by atoms with E-state index in [0.717, 1.165) is 19.4 Å². The lowest BCUT2D eigenvalue weighted by atomic mass is 9.79. The van der Waals surface area contributed by atoms with Crippen molar-refractivity contribution in [2.24, 2.45) is 0 Å². The largest absolute Gasteiger partial charge is 0.444 e. The molecule has 2 fully saturated rings. The fourth-order valence-electron chi connectivity index (χ4n) is 2.81. The minimum Gasteiger partial charge on any atom is -0.444 e. The van der Waals surface area contributed by atoms with E-state index in [1.807, 2.05) is 20.8 Å². The molecule has 1 spiro atoms. The van der Waals surface area contributed by atoms with E-state index in [1.165, 1.54) is 0 Å². The number of nitrogens with one attached hydrogen (secondary N) is 1. The third-order valence-corrected chi connectivity index (χ3v) is 3.72. The molecule has 1 N–H and O–H groups in total. The van der Waals surface area contributed by atoms with Crippen LogP contribution in [0, 0.1) is 0 Å². The number of carbonyl (C=O) groups is 1. The van der Waals surface area contributed by atoms with Crippen molar-refractivity contribution in [3.05, 3.63) is 0 Å². The highest BCUT2D eigenvalue weighted by Gasteiger charge is 2.53. The van der Waals surface area contributed by atoms with Gasteiger partial charge in [-0.1, -0.05) is 0 Å². The molecule has 0 saturated carbocycles. The van der Waals surface area contributed by atoms with Crippen LogP contribution in [-0.4, -0.2) is 61.8 Å². The first kappa shape index (κ1) is 15.5. The van der Waals surface area contributed by atoms with Crippen molar-refractivity contribution in [2.45, 2.75) is 50.9 Å². The average molecular weight is 286 g/mol. The molecular formula is C14H26N2O4. The monoisotopic (exact) mass is 286 g/mol. The van der Waals surface area contributed by atoms with Gasteiger partial charge >= 0.3 is 6.09 Å². The van der Waals surface area contributed by atoms with E-state index < -0.39 is 5.60 Å². The summed E-state index contributed by atoms with van der Waals surface area (Å²) in [6.45, 7) is 8.17. The van der Waals surface area contributed by atoms with E-state index in [-0.39, 0.29) is 17.7 Å². The number of likely N-dealkylation sites (tertiary alicyclic amines) is 1. The van der Waals surface area contributed by atoms with E-state index >= 15 is 0 Å². The van der Waals surface area contributed by atoms with Gasteiger partial charge in [-0.3, -0.25) is 0 Å². The topological polar surface area (TPSA) is 60.0 Å². The van der Waals surface area contributed by atoms with E-state index in [0.29, 0.717) is 19.9 Å². The molecule has 116 valence electrons. The number of methoxy groups -OCH3 is 1. The third kappa shape index (κ3) is 3.42. The molecule has 20 heavy (non-hydrogen) atoms. The normalized spacial score (nSPS) is 25.4. The van der Waals surface area contributed by atoms with Gasteiger partial charge in [0.2, 0.25) is 0 Å². The molecule has 0 aromatic heterocycles. The zero-order valence-corrected chi connectivity index (χ0v) is 12.9. The molecule has 0 radical (unpaired) electrons. The van der Waals surface area contributed by atoms with Crippen molar-refractivity contribution in [3.8, 4) is 0 Å². The van der Waals surface area contributed by atoms with Crippen LogP contribution in [0.1, 0.15) is 33.6 Å². The molecule has 2 rings (SSSR count). The lowest BCUT2D eigenvalue weighted by Gasteiger charge is -2.55. The molecule has 2 aliphatic rings. The predicted octanol–water partition coefficient (Wildman–Crippen LogP) is 1.35. The van der Waals surface area contributed by atoms with Crippen LogP contribution < -0.4 is 5.32 Å². The fourth-order valence-corrected chi connectivity index (χ4v) is 2.81. The number of carbonyl (C=O) groups excluding carboxylic acids is 1. The molecule has 2 heterocycles. The van der Waals surface area contributed by atoms with Crippen LogP contribution in [-0.2, 0) is 14.2 Å². The number of nitrogens with zero attached hydrogens (tertiary/aromatic N) is 1. The van der Waals surface area contributed by atoms with Gasteiger partial charge in [0.1, 0.15) is 12.4 Å². The zero-order valence-electron chi connectivity index (χ0n) is 12.9. The van der Waals surface area contributed by atoms with Gasteiger partial charge in [0.15, 0.2) is 0 Å². The van der Waals surface area contributed by atoms with Gasteiger partial charge in [0.05, 0.1) is 11.6 Å². The van der Waals surface area contributed by atoms with Crippen LogP contribution >= 0.6 is 0 Å². The Labute approximate surface area is 120 Å². The average Bonchev–Trinajstić information content (AvgIpc) is 2.31. The smallest absolute Gasteiger partial charge is 0.410 e. The second-order valence-corrected chi connectivity index (χ2v) is 6.62. The van der Waals surface area contributed by atoms with Crippen molar-refractivity contribution < 1.29 is 19.0 Å². The van der Waals surface area contributed by atoms with Crippen molar-refractivity contribution in [2.75, 3.05) is 33.5 Å². The molecule has 0 unspecified atom stereocenters. The molecule has 1 atom stereocenters. The lowest BCUT2D eigenvalue weighted by molar-refractivity contribution is -0.146. The highest BCUT2D eigenvalue weighted by molar-refractivity contribution is 5.70. The molecular weight excluding hydrogens is 260 g/mol. The summed E-state index contributed by atoms with van der Waals surface area (Å²) in [7, 11) is 1.62. The SMILES string of the molecule is COCO[C@@H]1CCCNC12CN(C(=O)OC(C)(C)C)C2. The number of piperidine rings is 1. The van der Waals surface area contributed by atoms with Crippen LogP contribution in [0.4, 0.5) is 4.79 Å². The predicted molar refractivity (Wildman–Crippen MR) is 74.5 cm³/mol. The molecule has 0 aliphatic carbocycles. The van der Waals surface area contributed by atoms with E-state index in [2.05, 4.69) is 5.32 Å². The highest BCUT2D eigenvalue weighted by Crippen LogP contribution is 2.33. The molecule has 2 saturated heterocycles. The molecule has 0 aromatic carbocycles. The lowest BCUT2D eigenvalue weighted by Crippen LogP contribution is -2.77. The summed E-state index contributed by atoms with van der Waals surface area (Å²) in [5.74, 6) is 0. The summed E-state index contributed by atoms with van der Waals surface area (Å²) in [6, 6.07) is 0. The first-order valence-corrected chi connectivity index (χ1v) is 7.20. The fraction of sp³-hybridized carbons (Fsp3) is 0.929. The summed E-state index contributed by atoms with van der Waals surface area (Å²) in [5.41, 5.74) is -0.584. The van der Waals surface area contributed by atoms with E-state index in [9.17, 15) is 4.79 Å². The molecule has 0 aromatic rings. The van der Waals surface area contributed by atoms with Gasteiger partial charge in [0.25, 0.3) is 0 Å². The Bertz CT molecular complexity index is 348. The number of hydrogen-bond donors (Lipinski definition) is 1. The molecule has 1 amide bonds. The van der Waals surface area contributed by atoms with Gasteiger partial charge in [-0.2, -0.15) is 0 Å². The molecule has 2 aliphatic heterocycles. The molecule has 6 nitrogen and oxygen atoms in total. The number of amides is 1. The number of ether oxygens (including phenoxy) is 3. The first-order valence-electron chi connectivity index (χ1n) is 7.20. The number of rotatable bonds is 3. The Hall–Kier alpha value is -0.850. The van der Waals surface area contributed by atoms with Crippen molar-refractivity contribution in [3.63, 3.8) is 0 Å². The third-order valence-electron chi connectivity index (χ3n) is 3.72. The summed E-state index contributed by atoms with van der Waals surface area (Å²) in [6.07, 6.45) is 1.93. The minimum absolute atomic E-state index is 0.0925. The molecule has 0 bridgehead atoms. The van der Waals surface area contributed by atoms with E-state index in [4.69, 9.17) is 14.2 Å². The maximum atomic E-state index is 12.0. The van der Waals surface area contributed by atoms with Crippen molar-refractivity contribution >= 4 is 6.09 Å². The Morgan fingerprint density at radius 2 is 2.10 bits per heavy atom. The Kier molecular flexibility index (Phi) is 4.56. The summed E-state index contributed by atoms with van der Waals surface area (Å²) in [4.78, 5) is 13.7. The maximum absolute atomic E-state index is 12.0. The van der Waals surface area contributed by atoms with Crippen LogP contribution in [0.2, 0.25) is 0 Å². The van der Waals surface area contributed by atoms with Crippen LogP contribution in [0.15, 0.2) is 0 Å². The van der Waals surface area contributed by atoms with Crippen LogP contribution in [0.25, 0.3) is 0 Å². The highest BCUT2D eigenvalue weighted by atomic mass is 16.7. The Balaban J connectivity index is 1.89.